The fourth-order valence-corrected chi connectivity index (χ4v) is 7.11. The Morgan fingerprint density at radius 3 is 2.39 bits per heavy atom. The SMILES string of the molecule is CCCc1sc2nc(SCC(=O)Nc3c(C)cc(Br)cc3C)n(-c3ccc(CC)cc3)c(=O)c2c1C. The first-order valence-corrected chi connectivity index (χ1v) is 14.7. The van der Waals surface area contributed by atoms with Gasteiger partial charge in [-0.05, 0) is 80.1 Å². The highest BCUT2D eigenvalue weighted by molar-refractivity contribution is 9.10. The van der Waals surface area contributed by atoms with E-state index in [1.165, 1.54) is 22.2 Å². The lowest BCUT2D eigenvalue weighted by molar-refractivity contribution is -0.113. The number of nitrogens with zero attached hydrogens (tertiary/aromatic N) is 2. The number of nitrogens with one attached hydrogen (secondary N) is 1. The lowest BCUT2D eigenvalue weighted by Gasteiger charge is -2.14. The zero-order valence-corrected chi connectivity index (χ0v) is 24.4. The van der Waals surface area contributed by atoms with Crippen molar-refractivity contribution < 1.29 is 4.79 Å². The van der Waals surface area contributed by atoms with Crippen molar-refractivity contribution in [1.82, 2.24) is 9.55 Å². The number of halogens is 1. The van der Waals surface area contributed by atoms with Gasteiger partial charge < -0.3 is 5.32 Å². The molecule has 0 aliphatic carbocycles. The monoisotopic (exact) mass is 583 g/mol. The van der Waals surface area contributed by atoms with E-state index < -0.39 is 0 Å². The van der Waals surface area contributed by atoms with Gasteiger partial charge in [0.1, 0.15) is 4.83 Å². The number of aromatic nitrogens is 2. The van der Waals surface area contributed by atoms with Gasteiger partial charge in [-0.25, -0.2) is 4.98 Å². The van der Waals surface area contributed by atoms with E-state index in [4.69, 9.17) is 4.98 Å². The van der Waals surface area contributed by atoms with E-state index in [0.717, 1.165) is 56.6 Å². The van der Waals surface area contributed by atoms with Gasteiger partial charge in [0.15, 0.2) is 5.16 Å². The van der Waals surface area contributed by atoms with Crippen LogP contribution in [0.1, 0.15) is 47.4 Å². The van der Waals surface area contributed by atoms with Crippen molar-refractivity contribution in [3.05, 3.63) is 78.4 Å². The standard InChI is InChI=1S/C28H30BrN3O2S2/c1-6-8-22-18(5)24-26(36-22)31-28(32(27(24)34)21-11-9-19(7-2)10-12-21)35-15-23(33)30-25-16(3)13-20(29)14-17(25)4/h9-14H,6-8,15H2,1-5H3,(H,30,33). The van der Waals surface area contributed by atoms with Crippen LogP contribution in [0, 0.1) is 20.8 Å². The number of thioether (sulfide) groups is 1. The second-order valence-electron chi connectivity index (χ2n) is 8.89. The third-order valence-electron chi connectivity index (χ3n) is 6.21. The average molecular weight is 585 g/mol. The van der Waals surface area contributed by atoms with E-state index in [1.54, 1.807) is 15.9 Å². The van der Waals surface area contributed by atoms with E-state index in [2.05, 4.69) is 35.1 Å². The van der Waals surface area contributed by atoms with Crippen LogP contribution in [0.5, 0.6) is 0 Å². The Labute approximate surface area is 228 Å². The number of aryl methyl sites for hydroxylation is 5. The van der Waals surface area contributed by atoms with Gasteiger partial charge >= 0.3 is 0 Å². The molecular weight excluding hydrogens is 554 g/mol. The molecule has 36 heavy (non-hydrogen) atoms. The predicted octanol–water partition coefficient (Wildman–Crippen LogP) is 7.38. The molecule has 1 N–H and O–H groups in total. The highest BCUT2D eigenvalue weighted by Crippen LogP contribution is 2.31. The first kappa shape index (κ1) is 26.6. The van der Waals surface area contributed by atoms with Crippen molar-refractivity contribution in [1.29, 1.82) is 0 Å². The van der Waals surface area contributed by atoms with Crippen LogP contribution in [0.2, 0.25) is 0 Å². The summed E-state index contributed by atoms with van der Waals surface area (Å²) < 4.78 is 2.64. The maximum Gasteiger partial charge on any atom is 0.267 e. The Morgan fingerprint density at radius 2 is 1.78 bits per heavy atom. The van der Waals surface area contributed by atoms with Crippen molar-refractivity contribution in [2.75, 3.05) is 11.1 Å². The number of amides is 1. The number of anilines is 1. The van der Waals surface area contributed by atoms with Crippen LogP contribution in [0.4, 0.5) is 5.69 Å². The Hall–Kier alpha value is -2.42. The summed E-state index contributed by atoms with van der Waals surface area (Å²) in [6, 6.07) is 12.0. The molecule has 0 aliphatic heterocycles. The van der Waals surface area contributed by atoms with Crippen LogP contribution in [0.15, 0.2) is 50.8 Å². The van der Waals surface area contributed by atoms with Crippen molar-refractivity contribution >= 4 is 60.8 Å². The molecule has 0 atom stereocenters. The summed E-state index contributed by atoms with van der Waals surface area (Å²) in [6.07, 6.45) is 2.86. The van der Waals surface area contributed by atoms with E-state index in [1.807, 2.05) is 57.2 Å². The number of carbonyl (C=O) groups is 1. The molecule has 0 aliphatic rings. The topological polar surface area (TPSA) is 64.0 Å². The van der Waals surface area contributed by atoms with E-state index >= 15 is 0 Å². The van der Waals surface area contributed by atoms with Gasteiger partial charge in [-0.2, -0.15) is 0 Å². The molecule has 1 amide bonds. The minimum absolute atomic E-state index is 0.0807. The predicted molar refractivity (Wildman–Crippen MR) is 156 cm³/mol. The zero-order valence-electron chi connectivity index (χ0n) is 21.2. The molecule has 2 aromatic heterocycles. The number of hydrogen-bond acceptors (Lipinski definition) is 5. The molecule has 4 aromatic rings. The van der Waals surface area contributed by atoms with Crippen LogP contribution >= 0.6 is 39.0 Å². The first-order chi connectivity index (χ1) is 17.2. The highest BCUT2D eigenvalue weighted by Gasteiger charge is 2.20. The Bertz CT molecular complexity index is 1470. The van der Waals surface area contributed by atoms with Gasteiger partial charge in [0.2, 0.25) is 5.91 Å². The fraction of sp³-hybridized carbons (Fsp3) is 0.321. The number of benzene rings is 2. The molecule has 0 fully saturated rings. The normalized spacial score (nSPS) is 11.3. The Balaban J connectivity index is 1.72. The summed E-state index contributed by atoms with van der Waals surface area (Å²) in [5.41, 5.74) is 5.70. The minimum Gasteiger partial charge on any atom is -0.325 e. The molecule has 0 spiro atoms. The van der Waals surface area contributed by atoms with Crippen LogP contribution in [-0.4, -0.2) is 21.2 Å². The van der Waals surface area contributed by atoms with Crippen molar-refractivity contribution in [3.8, 4) is 5.69 Å². The van der Waals surface area contributed by atoms with Crippen LogP contribution < -0.4 is 10.9 Å². The number of carbonyl (C=O) groups excluding carboxylic acids is 1. The summed E-state index contributed by atoms with van der Waals surface area (Å²) in [4.78, 5) is 33.6. The van der Waals surface area contributed by atoms with Crippen molar-refractivity contribution in [2.24, 2.45) is 0 Å². The van der Waals surface area contributed by atoms with Crippen LogP contribution in [-0.2, 0) is 17.6 Å². The quantitative estimate of drug-likeness (QED) is 0.173. The Kier molecular flexibility index (Phi) is 8.37. The second kappa shape index (κ2) is 11.3. The lowest BCUT2D eigenvalue weighted by atomic mass is 10.1. The van der Waals surface area contributed by atoms with Gasteiger partial charge in [-0.15, -0.1) is 11.3 Å². The average Bonchev–Trinajstić information content (AvgIpc) is 3.15. The molecule has 2 aromatic carbocycles. The van der Waals surface area contributed by atoms with Gasteiger partial charge in [0, 0.05) is 15.0 Å². The zero-order chi connectivity index (χ0) is 26.0. The second-order valence-corrected chi connectivity index (χ2v) is 11.8. The maximum absolute atomic E-state index is 13.8. The molecule has 8 heteroatoms. The van der Waals surface area contributed by atoms with Crippen LogP contribution in [0.3, 0.4) is 0 Å². The molecule has 4 rings (SSSR count). The third-order valence-corrected chi connectivity index (χ3v) is 8.85. The fourth-order valence-electron chi connectivity index (χ4n) is 4.29. The molecule has 0 bridgehead atoms. The molecule has 2 heterocycles. The summed E-state index contributed by atoms with van der Waals surface area (Å²) in [5.74, 6) is 0.0105. The molecule has 0 saturated heterocycles. The van der Waals surface area contributed by atoms with E-state index in [0.29, 0.717) is 10.5 Å². The number of rotatable bonds is 8. The van der Waals surface area contributed by atoms with E-state index in [-0.39, 0.29) is 17.2 Å². The van der Waals surface area contributed by atoms with Crippen molar-refractivity contribution in [2.45, 2.75) is 59.0 Å². The molecule has 5 nitrogen and oxygen atoms in total. The highest BCUT2D eigenvalue weighted by atomic mass is 79.9. The number of thiophene rings is 1. The summed E-state index contributed by atoms with van der Waals surface area (Å²) >= 11 is 6.38. The molecular formula is C28H30BrN3O2S2. The summed E-state index contributed by atoms with van der Waals surface area (Å²) in [6.45, 7) is 10.2. The smallest absolute Gasteiger partial charge is 0.267 e. The van der Waals surface area contributed by atoms with E-state index in [9.17, 15) is 9.59 Å². The van der Waals surface area contributed by atoms with Gasteiger partial charge in [-0.3, -0.25) is 14.2 Å². The van der Waals surface area contributed by atoms with Gasteiger partial charge in [-0.1, -0.05) is 60.1 Å². The summed E-state index contributed by atoms with van der Waals surface area (Å²) in [5, 5.41) is 4.25. The van der Waals surface area contributed by atoms with Crippen molar-refractivity contribution in [3.63, 3.8) is 0 Å². The molecule has 0 unspecified atom stereocenters. The van der Waals surface area contributed by atoms with Crippen LogP contribution in [0.25, 0.3) is 15.9 Å². The molecule has 0 radical (unpaired) electrons. The maximum atomic E-state index is 13.8. The number of fused-ring (bicyclic) bond motifs is 1. The van der Waals surface area contributed by atoms with Gasteiger partial charge in [0.05, 0.1) is 16.8 Å². The minimum atomic E-state index is -0.134. The largest absolute Gasteiger partial charge is 0.325 e. The molecule has 0 saturated carbocycles. The number of hydrogen-bond donors (Lipinski definition) is 1. The first-order valence-electron chi connectivity index (χ1n) is 12.1. The van der Waals surface area contributed by atoms with Gasteiger partial charge in [0.25, 0.3) is 5.56 Å². The lowest BCUT2D eigenvalue weighted by Crippen LogP contribution is -2.23. The molecule has 188 valence electrons. The summed E-state index contributed by atoms with van der Waals surface area (Å²) in [7, 11) is 0. The Morgan fingerprint density at radius 1 is 1.11 bits per heavy atom. The third kappa shape index (κ3) is 5.45.